The van der Waals surface area contributed by atoms with Crippen LogP contribution in [0.5, 0.6) is 0 Å². The van der Waals surface area contributed by atoms with Crippen molar-refractivity contribution in [3.05, 3.63) is 0 Å². The summed E-state index contributed by atoms with van der Waals surface area (Å²) in [5, 5.41) is 0. The van der Waals surface area contributed by atoms with Gasteiger partial charge in [0.1, 0.15) is 0 Å². The summed E-state index contributed by atoms with van der Waals surface area (Å²) in [6.45, 7) is 3.20. The lowest BCUT2D eigenvalue weighted by atomic mass is 9.92. The number of ether oxygens (including phenoxy) is 1. The van der Waals surface area contributed by atoms with Gasteiger partial charge in [-0.15, -0.1) is 11.6 Å². The SMILES string of the molecule is CCCCCCC1OCCCC1CCl. The predicted molar refractivity (Wildman–Crippen MR) is 61.9 cm³/mol. The third-order valence-corrected chi connectivity index (χ3v) is 3.51. The zero-order valence-electron chi connectivity index (χ0n) is 9.30. The van der Waals surface area contributed by atoms with E-state index in [1.54, 1.807) is 0 Å². The van der Waals surface area contributed by atoms with E-state index in [1.807, 2.05) is 0 Å². The Labute approximate surface area is 93.2 Å². The number of hydrogen-bond donors (Lipinski definition) is 0. The first kappa shape index (κ1) is 12.3. The molecule has 0 radical (unpaired) electrons. The molecule has 2 heteroatoms. The minimum Gasteiger partial charge on any atom is -0.378 e. The molecule has 84 valence electrons. The van der Waals surface area contributed by atoms with Crippen LogP contribution in [0.25, 0.3) is 0 Å². The van der Waals surface area contributed by atoms with E-state index >= 15 is 0 Å². The Morgan fingerprint density at radius 2 is 2.14 bits per heavy atom. The smallest absolute Gasteiger partial charge is 0.0614 e. The van der Waals surface area contributed by atoms with Gasteiger partial charge in [0.05, 0.1) is 6.10 Å². The summed E-state index contributed by atoms with van der Waals surface area (Å²) < 4.78 is 5.78. The van der Waals surface area contributed by atoms with E-state index in [0.29, 0.717) is 12.0 Å². The summed E-state index contributed by atoms with van der Waals surface area (Å²) in [6.07, 6.45) is 9.47. The molecule has 1 fully saturated rings. The van der Waals surface area contributed by atoms with Gasteiger partial charge in [-0.1, -0.05) is 32.6 Å². The molecule has 14 heavy (non-hydrogen) atoms. The first-order valence-electron chi connectivity index (χ1n) is 6.06. The first-order valence-corrected chi connectivity index (χ1v) is 6.59. The van der Waals surface area contributed by atoms with Gasteiger partial charge in [0.15, 0.2) is 0 Å². The Balaban J connectivity index is 2.13. The minimum absolute atomic E-state index is 0.457. The normalized spacial score (nSPS) is 27.9. The highest BCUT2D eigenvalue weighted by Gasteiger charge is 2.24. The van der Waals surface area contributed by atoms with Crippen LogP contribution in [0, 0.1) is 5.92 Å². The number of rotatable bonds is 6. The Morgan fingerprint density at radius 1 is 1.29 bits per heavy atom. The molecule has 1 aliphatic rings. The van der Waals surface area contributed by atoms with Crippen molar-refractivity contribution in [2.45, 2.75) is 58.0 Å². The zero-order valence-corrected chi connectivity index (χ0v) is 10.1. The van der Waals surface area contributed by atoms with E-state index in [2.05, 4.69) is 6.92 Å². The maximum atomic E-state index is 5.94. The van der Waals surface area contributed by atoms with Crippen LogP contribution < -0.4 is 0 Å². The van der Waals surface area contributed by atoms with Gasteiger partial charge in [-0.3, -0.25) is 0 Å². The van der Waals surface area contributed by atoms with E-state index in [-0.39, 0.29) is 0 Å². The third kappa shape index (κ3) is 4.18. The summed E-state index contributed by atoms with van der Waals surface area (Å²) in [4.78, 5) is 0. The molecule has 0 aliphatic carbocycles. The average molecular weight is 219 g/mol. The fraction of sp³-hybridized carbons (Fsp3) is 1.00. The van der Waals surface area contributed by atoms with Gasteiger partial charge < -0.3 is 4.74 Å². The second-order valence-corrected chi connectivity index (χ2v) is 4.62. The lowest BCUT2D eigenvalue weighted by molar-refractivity contribution is -0.0246. The lowest BCUT2D eigenvalue weighted by Gasteiger charge is -2.30. The standard InChI is InChI=1S/C12H23ClO/c1-2-3-4-5-8-12-11(10-13)7-6-9-14-12/h11-12H,2-10H2,1H3. The molecule has 0 aromatic carbocycles. The summed E-state index contributed by atoms with van der Waals surface area (Å²) in [5.74, 6) is 1.39. The van der Waals surface area contributed by atoms with Crippen molar-refractivity contribution in [2.24, 2.45) is 5.92 Å². The summed E-state index contributed by atoms with van der Waals surface area (Å²) in [5.41, 5.74) is 0. The zero-order chi connectivity index (χ0) is 10.2. The van der Waals surface area contributed by atoms with Crippen molar-refractivity contribution in [1.29, 1.82) is 0 Å². The van der Waals surface area contributed by atoms with Gasteiger partial charge in [-0.2, -0.15) is 0 Å². The van der Waals surface area contributed by atoms with Crippen LogP contribution >= 0.6 is 11.6 Å². The molecule has 2 atom stereocenters. The van der Waals surface area contributed by atoms with Gasteiger partial charge in [0, 0.05) is 12.5 Å². The van der Waals surface area contributed by atoms with Gasteiger partial charge in [-0.25, -0.2) is 0 Å². The molecule has 0 aromatic rings. The molecule has 0 bridgehead atoms. The molecule has 1 rings (SSSR count). The number of hydrogen-bond acceptors (Lipinski definition) is 1. The Morgan fingerprint density at radius 3 is 2.86 bits per heavy atom. The van der Waals surface area contributed by atoms with E-state index < -0.39 is 0 Å². The molecular formula is C12H23ClO. The monoisotopic (exact) mass is 218 g/mol. The third-order valence-electron chi connectivity index (χ3n) is 3.12. The van der Waals surface area contributed by atoms with Crippen molar-refractivity contribution >= 4 is 11.6 Å². The van der Waals surface area contributed by atoms with Gasteiger partial charge in [-0.05, 0) is 25.2 Å². The van der Waals surface area contributed by atoms with Gasteiger partial charge >= 0.3 is 0 Å². The molecule has 0 saturated carbocycles. The van der Waals surface area contributed by atoms with E-state index in [9.17, 15) is 0 Å². The van der Waals surface area contributed by atoms with E-state index in [1.165, 1.54) is 44.9 Å². The van der Waals surface area contributed by atoms with Crippen molar-refractivity contribution in [3.8, 4) is 0 Å². The summed E-state index contributed by atoms with van der Waals surface area (Å²) >= 11 is 5.94. The molecule has 1 aliphatic heterocycles. The summed E-state index contributed by atoms with van der Waals surface area (Å²) in [6, 6.07) is 0. The fourth-order valence-corrected chi connectivity index (χ4v) is 2.52. The molecular weight excluding hydrogens is 196 g/mol. The topological polar surface area (TPSA) is 9.23 Å². The van der Waals surface area contributed by atoms with Crippen LogP contribution in [0.15, 0.2) is 0 Å². The van der Waals surface area contributed by atoms with Gasteiger partial charge in [0.2, 0.25) is 0 Å². The van der Waals surface area contributed by atoms with Crippen LogP contribution in [0.4, 0.5) is 0 Å². The molecule has 0 N–H and O–H groups in total. The van der Waals surface area contributed by atoms with Crippen LogP contribution in [0.3, 0.4) is 0 Å². The number of alkyl halides is 1. The highest BCUT2D eigenvalue weighted by atomic mass is 35.5. The molecule has 0 amide bonds. The minimum atomic E-state index is 0.457. The highest BCUT2D eigenvalue weighted by Crippen LogP contribution is 2.25. The second-order valence-electron chi connectivity index (χ2n) is 4.32. The van der Waals surface area contributed by atoms with Crippen molar-refractivity contribution < 1.29 is 4.74 Å². The average Bonchev–Trinajstić information content (AvgIpc) is 2.25. The van der Waals surface area contributed by atoms with Crippen LogP contribution in [-0.4, -0.2) is 18.6 Å². The maximum Gasteiger partial charge on any atom is 0.0614 e. The molecule has 1 saturated heterocycles. The lowest BCUT2D eigenvalue weighted by Crippen LogP contribution is -2.30. The highest BCUT2D eigenvalue weighted by molar-refractivity contribution is 6.18. The van der Waals surface area contributed by atoms with Crippen molar-refractivity contribution in [1.82, 2.24) is 0 Å². The molecule has 0 aromatic heterocycles. The van der Waals surface area contributed by atoms with E-state index in [4.69, 9.17) is 16.3 Å². The largest absolute Gasteiger partial charge is 0.378 e. The van der Waals surface area contributed by atoms with E-state index in [0.717, 1.165) is 12.5 Å². The quantitative estimate of drug-likeness (QED) is 0.484. The number of unbranched alkanes of at least 4 members (excludes halogenated alkanes) is 3. The predicted octanol–water partition coefficient (Wildman–Crippen LogP) is 3.99. The fourth-order valence-electron chi connectivity index (χ4n) is 2.17. The second kappa shape index (κ2) is 7.53. The number of halogens is 1. The van der Waals surface area contributed by atoms with Gasteiger partial charge in [0.25, 0.3) is 0 Å². The Kier molecular flexibility index (Phi) is 6.63. The van der Waals surface area contributed by atoms with Crippen molar-refractivity contribution in [2.75, 3.05) is 12.5 Å². The van der Waals surface area contributed by atoms with Crippen LogP contribution in [0.1, 0.15) is 51.9 Å². The first-order chi connectivity index (χ1) is 6.88. The molecule has 0 spiro atoms. The van der Waals surface area contributed by atoms with Crippen molar-refractivity contribution in [3.63, 3.8) is 0 Å². The maximum absolute atomic E-state index is 5.94. The summed E-state index contributed by atoms with van der Waals surface area (Å²) in [7, 11) is 0. The molecule has 1 nitrogen and oxygen atoms in total. The van der Waals surface area contributed by atoms with Crippen LogP contribution in [0.2, 0.25) is 0 Å². The Bertz CT molecular complexity index is 138. The Hall–Kier alpha value is 0.250. The van der Waals surface area contributed by atoms with Crippen LogP contribution in [-0.2, 0) is 4.74 Å². The molecule has 2 unspecified atom stereocenters. The molecule has 1 heterocycles.